The number of aliphatic hydroxyl groups is 1. The molecule has 1 unspecified atom stereocenters. The summed E-state index contributed by atoms with van der Waals surface area (Å²) in [4.78, 5) is 10.7. The maximum atomic E-state index is 12.9. The summed E-state index contributed by atoms with van der Waals surface area (Å²) in [6, 6.07) is 3.92. The number of aliphatic carboxylic acids is 1. The van der Waals surface area contributed by atoms with Gasteiger partial charge in [0.1, 0.15) is 5.82 Å². The number of rotatable bonds is 3. The molecule has 15 heavy (non-hydrogen) atoms. The molecular formula is C10H10BrFO3. The Bertz CT molecular complexity index is 390. The standard InChI is InChI=1S/C10H10BrFO3/c1-10(15,9(13)14)5-6-4-7(12)2-3-8(6)11/h2-4,15H,5H2,1H3,(H,13,14). The Morgan fingerprint density at radius 2 is 2.20 bits per heavy atom. The van der Waals surface area contributed by atoms with E-state index in [1.807, 2.05) is 0 Å². The SMILES string of the molecule is CC(O)(Cc1cc(F)ccc1Br)C(=O)O. The second-order valence-corrected chi connectivity index (χ2v) is 4.35. The van der Waals surface area contributed by atoms with E-state index in [9.17, 15) is 14.3 Å². The number of hydrogen-bond acceptors (Lipinski definition) is 2. The third-order valence-corrected chi connectivity index (χ3v) is 2.78. The zero-order valence-electron chi connectivity index (χ0n) is 8.00. The first-order chi connectivity index (χ1) is 6.83. The van der Waals surface area contributed by atoms with Crippen LogP contribution in [0.2, 0.25) is 0 Å². The summed E-state index contributed by atoms with van der Waals surface area (Å²) in [7, 11) is 0. The van der Waals surface area contributed by atoms with E-state index >= 15 is 0 Å². The second kappa shape index (κ2) is 4.28. The lowest BCUT2D eigenvalue weighted by Crippen LogP contribution is -2.37. The van der Waals surface area contributed by atoms with Crippen LogP contribution in [0.15, 0.2) is 22.7 Å². The summed E-state index contributed by atoms with van der Waals surface area (Å²) < 4.78 is 13.4. The summed E-state index contributed by atoms with van der Waals surface area (Å²) in [5, 5.41) is 18.2. The molecule has 1 aromatic carbocycles. The van der Waals surface area contributed by atoms with Gasteiger partial charge in [0.05, 0.1) is 0 Å². The fourth-order valence-electron chi connectivity index (χ4n) is 1.13. The molecular weight excluding hydrogens is 267 g/mol. The molecule has 0 spiro atoms. The highest BCUT2D eigenvalue weighted by Gasteiger charge is 2.30. The molecule has 0 saturated heterocycles. The van der Waals surface area contributed by atoms with Crippen molar-refractivity contribution in [1.29, 1.82) is 0 Å². The molecule has 1 aromatic rings. The molecule has 0 aromatic heterocycles. The smallest absolute Gasteiger partial charge is 0.335 e. The molecule has 0 aliphatic heterocycles. The molecule has 0 fully saturated rings. The first-order valence-corrected chi connectivity index (χ1v) is 5.02. The van der Waals surface area contributed by atoms with Crippen LogP contribution >= 0.6 is 15.9 Å². The van der Waals surface area contributed by atoms with Gasteiger partial charge < -0.3 is 10.2 Å². The van der Waals surface area contributed by atoms with Crippen molar-refractivity contribution in [2.24, 2.45) is 0 Å². The molecule has 0 radical (unpaired) electrons. The van der Waals surface area contributed by atoms with E-state index in [0.29, 0.717) is 10.0 Å². The lowest BCUT2D eigenvalue weighted by atomic mass is 9.97. The molecule has 0 aliphatic rings. The monoisotopic (exact) mass is 276 g/mol. The van der Waals surface area contributed by atoms with Crippen molar-refractivity contribution in [3.8, 4) is 0 Å². The highest BCUT2D eigenvalue weighted by atomic mass is 79.9. The van der Waals surface area contributed by atoms with E-state index in [0.717, 1.165) is 0 Å². The summed E-state index contributed by atoms with van der Waals surface area (Å²) in [5.41, 5.74) is -1.47. The van der Waals surface area contributed by atoms with Crippen molar-refractivity contribution in [2.45, 2.75) is 18.9 Å². The maximum absolute atomic E-state index is 12.9. The van der Waals surface area contributed by atoms with Crippen LogP contribution in [-0.2, 0) is 11.2 Å². The summed E-state index contributed by atoms with van der Waals surface area (Å²) in [5.74, 6) is -1.80. The Kier molecular flexibility index (Phi) is 3.46. The quantitative estimate of drug-likeness (QED) is 0.888. The Morgan fingerprint density at radius 3 is 2.73 bits per heavy atom. The highest BCUT2D eigenvalue weighted by molar-refractivity contribution is 9.10. The van der Waals surface area contributed by atoms with Gasteiger partial charge in [-0.3, -0.25) is 0 Å². The van der Waals surface area contributed by atoms with Gasteiger partial charge in [-0.2, -0.15) is 0 Å². The van der Waals surface area contributed by atoms with Crippen LogP contribution in [0.4, 0.5) is 4.39 Å². The van der Waals surface area contributed by atoms with Crippen LogP contribution in [0.3, 0.4) is 0 Å². The van der Waals surface area contributed by atoms with E-state index in [2.05, 4.69) is 15.9 Å². The molecule has 0 heterocycles. The van der Waals surface area contributed by atoms with Crippen molar-refractivity contribution in [3.63, 3.8) is 0 Å². The molecule has 0 amide bonds. The van der Waals surface area contributed by atoms with Gasteiger partial charge in [-0.15, -0.1) is 0 Å². The van der Waals surface area contributed by atoms with E-state index in [-0.39, 0.29) is 6.42 Å². The van der Waals surface area contributed by atoms with Crippen molar-refractivity contribution < 1.29 is 19.4 Å². The van der Waals surface area contributed by atoms with E-state index in [1.165, 1.54) is 25.1 Å². The minimum Gasteiger partial charge on any atom is -0.479 e. The zero-order chi connectivity index (χ0) is 11.6. The molecule has 0 aliphatic carbocycles. The molecule has 2 N–H and O–H groups in total. The Labute approximate surface area is 94.7 Å². The van der Waals surface area contributed by atoms with E-state index in [4.69, 9.17) is 5.11 Å². The maximum Gasteiger partial charge on any atom is 0.335 e. The van der Waals surface area contributed by atoms with Crippen LogP contribution in [0.25, 0.3) is 0 Å². The van der Waals surface area contributed by atoms with E-state index in [1.54, 1.807) is 0 Å². The summed E-state index contributed by atoms with van der Waals surface area (Å²) in [6.07, 6.45) is -0.152. The number of benzene rings is 1. The topological polar surface area (TPSA) is 57.5 Å². The number of halogens is 2. The first-order valence-electron chi connectivity index (χ1n) is 4.22. The number of hydrogen-bond donors (Lipinski definition) is 2. The Hall–Kier alpha value is -0.940. The van der Waals surface area contributed by atoms with Gasteiger partial charge in [0.2, 0.25) is 0 Å². The molecule has 82 valence electrons. The van der Waals surface area contributed by atoms with Gasteiger partial charge in [-0.25, -0.2) is 9.18 Å². The number of carboxylic acid groups (broad SMARTS) is 1. The van der Waals surface area contributed by atoms with Gasteiger partial charge in [0, 0.05) is 10.9 Å². The predicted octanol–water partition coefficient (Wildman–Crippen LogP) is 1.97. The molecule has 1 atom stereocenters. The van der Waals surface area contributed by atoms with Gasteiger partial charge in [-0.1, -0.05) is 15.9 Å². The van der Waals surface area contributed by atoms with Crippen molar-refractivity contribution in [3.05, 3.63) is 34.1 Å². The van der Waals surface area contributed by atoms with Crippen LogP contribution in [0.5, 0.6) is 0 Å². The molecule has 1 rings (SSSR count). The number of carbonyl (C=O) groups is 1. The largest absolute Gasteiger partial charge is 0.479 e. The molecule has 0 saturated carbocycles. The minimum absolute atomic E-state index is 0.152. The predicted molar refractivity (Wildman–Crippen MR) is 56.1 cm³/mol. The molecule has 5 heteroatoms. The van der Waals surface area contributed by atoms with Crippen LogP contribution in [0, 0.1) is 5.82 Å². The van der Waals surface area contributed by atoms with Gasteiger partial charge in [0.25, 0.3) is 0 Å². The molecule has 3 nitrogen and oxygen atoms in total. The fourth-order valence-corrected chi connectivity index (χ4v) is 1.51. The zero-order valence-corrected chi connectivity index (χ0v) is 9.58. The van der Waals surface area contributed by atoms with Crippen molar-refractivity contribution in [1.82, 2.24) is 0 Å². The van der Waals surface area contributed by atoms with Gasteiger partial charge in [0.15, 0.2) is 5.60 Å². The van der Waals surface area contributed by atoms with Crippen LogP contribution in [0.1, 0.15) is 12.5 Å². The third kappa shape index (κ3) is 3.00. The highest BCUT2D eigenvalue weighted by Crippen LogP contribution is 2.22. The minimum atomic E-state index is -1.89. The molecule has 0 bridgehead atoms. The second-order valence-electron chi connectivity index (χ2n) is 3.49. The van der Waals surface area contributed by atoms with Crippen molar-refractivity contribution in [2.75, 3.05) is 0 Å². The average molecular weight is 277 g/mol. The Balaban J connectivity index is 2.99. The lowest BCUT2D eigenvalue weighted by molar-refractivity contribution is -0.156. The number of carboxylic acids is 1. The Morgan fingerprint density at radius 1 is 1.60 bits per heavy atom. The average Bonchev–Trinajstić information content (AvgIpc) is 2.10. The lowest BCUT2D eigenvalue weighted by Gasteiger charge is -2.18. The normalized spacial score (nSPS) is 14.7. The van der Waals surface area contributed by atoms with Crippen molar-refractivity contribution >= 4 is 21.9 Å². The van der Waals surface area contributed by atoms with Crippen LogP contribution in [-0.4, -0.2) is 21.8 Å². The third-order valence-electron chi connectivity index (χ3n) is 2.00. The summed E-state index contributed by atoms with van der Waals surface area (Å²) >= 11 is 3.16. The fraction of sp³-hybridized carbons (Fsp3) is 0.300. The first kappa shape index (κ1) is 12.1. The van der Waals surface area contributed by atoms with Gasteiger partial charge in [-0.05, 0) is 30.7 Å². The van der Waals surface area contributed by atoms with Gasteiger partial charge >= 0.3 is 5.97 Å². The van der Waals surface area contributed by atoms with Crippen LogP contribution < -0.4 is 0 Å². The van der Waals surface area contributed by atoms with E-state index < -0.39 is 17.4 Å². The summed E-state index contributed by atoms with van der Waals surface area (Å²) in [6.45, 7) is 1.17.